The molecule has 1 heterocycles. The SMILES string of the molecule is C[C@H](Sc1nnc(-c2cccc(Cl)c2)o1)C(=O)NCCC1=CCCCC1. The topological polar surface area (TPSA) is 68.0 Å². The fraction of sp³-hybridized carbons (Fsp3) is 0.421. The molecule has 1 aromatic heterocycles. The lowest BCUT2D eigenvalue weighted by atomic mass is 9.97. The fourth-order valence-corrected chi connectivity index (χ4v) is 3.72. The quantitative estimate of drug-likeness (QED) is 0.538. The molecule has 1 aliphatic rings. The van der Waals surface area contributed by atoms with E-state index in [2.05, 4.69) is 21.6 Å². The van der Waals surface area contributed by atoms with Crippen LogP contribution in [-0.2, 0) is 4.79 Å². The zero-order chi connectivity index (χ0) is 18.4. The summed E-state index contributed by atoms with van der Waals surface area (Å²) in [5.74, 6) is 0.376. The molecule has 0 radical (unpaired) electrons. The second-order valence-electron chi connectivity index (χ2n) is 6.29. The highest BCUT2D eigenvalue weighted by atomic mass is 35.5. The van der Waals surface area contributed by atoms with E-state index in [4.69, 9.17) is 16.0 Å². The Morgan fingerprint density at radius 3 is 3.04 bits per heavy atom. The van der Waals surface area contributed by atoms with Crippen LogP contribution in [0.4, 0.5) is 0 Å². The molecule has 1 amide bonds. The van der Waals surface area contributed by atoms with Gasteiger partial charge < -0.3 is 9.73 Å². The molecule has 3 rings (SSSR count). The van der Waals surface area contributed by atoms with Crippen LogP contribution >= 0.6 is 23.4 Å². The zero-order valence-corrected chi connectivity index (χ0v) is 16.3. The lowest BCUT2D eigenvalue weighted by Gasteiger charge is -2.14. The van der Waals surface area contributed by atoms with Crippen molar-refractivity contribution in [2.24, 2.45) is 0 Å². The molecule has 2 aromatic rings. The Balaban J connectivity index is 1.49. The molecule has 1 atom stereocenters. The number of nitrogens with zero attached hydrogens (tertiary/aromatic N) is 2. The largest absolute Gasteiger partial charge is 0.411 e. The van der Waals surface area contributed by atoms with E-state index in [1.165, 1.54) is 36.6 Å². The van der Waals surface area contributed by atoms with Gasteiger partial charge in [-0.1, -0.05) is 41.1 Å². The molecule has 1 aromatic carbocycles. The third-order valence-corrected chi connectivity index (χ3v) is 5.42. The summed E-state index contributed by atoms with van der Waals surface area (Å²) >= 11 is 7.24. The molecule has 0 bridgehead atoms. The average Bonchev–Trinajstić information content (AvgIpc) is 3.11. The van der Waals surface area contributed by atoms with Crippen molar-refractivity contribution in [1.82, 2.24) is 15.5 Å². The number of hydrogen-bond acceptors (Lipinski definition) is 5. The number of benzene rings is 1. The van der Waals surface area contributed by atoms with Crippen molar-refractivity contribution < 1.29 is 9.21 Å². The molecule has 0 saturated carbocycles. The Morgan fingerprint density at radius 1 is 1.38 bits per heavy atom. The molecule has 0 aliphatic heterocycles. The minimum atomic E-state index is -0.303. The summed E-state index contributed by atoms with van der Waals surface area (Å²) in [7, 11) is 0. The second-order valence-corrected chi connectivity index (χ2v) is 8.02. The average molecular weight is 392 g/mol. The highest BCUT2D eigenvalue weighted by Crippen LogP contribution is 2.27. The molecule has 0 saturated heterocycles. The van der Waals surface area contributed by atoms with Gasteiger partial charge in [0.1, 0.15) is 0 Å². The molecule has 7 heteroatoms. The first-order chi connectivity index (χ1) is 12.6. The summed E-state index contributed by atoms with van der Waals surface area (Å²) in [6.07, 6.45) is 8.12. The number of allylic oxidation sites excluding steroid dienone is 1. The summed E-state index contributed by atoms with van der Waals surface area (Å²) in [6.45, 7) is 2.51. The number of carbonyl (C=O) groups excluding carboxylic acids is 1. The van der Waals surface area contributed by atoms with Gasteiger partial charge in [-0.05, 0) is 57.2 Å². The Bertz CT molecular complexity index is 791. The zero-order valence-electron chi connectivity index (χ0n) is 14.7. The third-order valence-electron chi connectivity index (χ3n) is 4.26. The van der Waals surface area contributed by atoms with Crippen molar-refractivity contribution >= 4 is 29.3 Å². The third kappa shape index (κ3) is 5.35. The Kier molecular flexibility index (Phi) is 6.74. The van der Waals surface area contributed by atoms with Crippen molar-refractivity contribution in [3.05, 3.63) is 40.9 Å². The Labute approximate surface area is 162 Å². The Hall–Kier alpha value is -1.79. The van der Waals surface area contributed by atoms with Crippen LogP contribution < -0.4 is 5.32 Å². The molecule has 138 valence electrons. The predicted octanol–water partition coefficient (Wildman–Crippen LogP) is 4.88. The molecule has 0 spiro atoms. The second kappa shape index (κ2) is 9.24. The number of carbonyl (C=O) groups is 1. The number of thioether (sulfide) groups is 1. The van der Waals surface area contributed by atoms with E-state index in [0.29, 0.717) is 22.7 Å². The smallest absolute Gasteiger partial charge is 0.277 e. The van der Waals surface area contributed by atoms with Gasteiger partial charge in [0.05, 0.1) is 5.25 Å². The molecular formula is C19H22ClN3O2S. The maximum absolute atomic E-state index is 12.3. The number of hydrogen-bond donors (Lipinski definition) is 1. The van der Waals surface area contributed by atoms with Gasteiger partial charge in [0, 0.05) is 17.1 Å². The predicted molar refractivity (Wildman–Crippen MR) is 104 cm³/mol. The highest BCUT2D eigenvalue weighted by Gasteiger charge is 2.18. The van der Waals surface area contributed by atoms with Gasteiger partial charge in [0.2, 0.25) is 11.8 Å². The molecule has 5 nitrogen and oxygen atoms in total. The standard InChI is InChI=1S/C19H22ClN3O2S/c1-13(17(24)21-11-10-14-6-3-2-4-7-14)26-19-23-22-18(25-19)15-8-5-9-16(20)12-15/h5-6,8-9,12-13H,2-4,7,10-11H2,1H3,(H,21,24)/t13-/m0/s1. The van der Waals surface area contributed by atoms with Gasteiger partial charge in [-0.25, -0.2) is 0 Å². The molecule has 0 fully saturated rings. The molecule has 0 unspecified atom stereocenters. The first kappa shape index (κ1) is 19.0. The molecule has 1 N–H and O–H groups in total. The van der Waals surface area contributed by atoms with Crippen LogP contribution in [0.5, 0.6) is 0 Å². The van der Waals surface area contributed by atoms with Gasteiger partial charge in [-0.2, -0.15) is 0 Å². The fourth-order valence-electron chi connectivity index (χ4n) is 2.82. The lowest BCUT2D eigenvalue weighted by molar-refractivity contribution is -0.120. The monoisotopic (exact) mass is 391 g/mol. The minimum Gasteiger partial charge on any atom is -0.411 e. The molecule has 1 aliphatic carbocycles. The van der Waals surface area contributed by atoms with Gasteiger partial charge in [-0.15, -0.1) is 10.2 Å². The van der Waals surface area contributed by atoms with Crippen LogP contribution in [-0.4, -0.2) is 27.9 Å². The van der Waals surface area contributed by atoms with Gasteiger partial charge >= 0.3 is 0 Å². The van der Waals surface area contributed by atoms with Crippen molar-refractivity contribution in [2.75, 3.05) is 6.54 Å². The lowest BCUT2D eigenvalue weighted by Crippen LogP contribution is -2.31. The van der Waals surface area contributed by atoms with Gasteiger partial charge in [0.25, 0.3) is 5.22 Å². The van der Waals surface area contributed by atoms with Crippen molar-refractivity contribution in [3.8, 4) is 11.5 Å². The minimum absolute atomic E-state index is 0.0195. The van der Waals surface area contributed by atoms with E-state index in [1.807, 2.05) is 19.1 Å². The summed E-state index contributed by atoms with van der Waals surface area (Å²) < 4.78 is 5.64. The maximum Gasteiger partial charge on any atom is 0.277 e. The molecular weight excluding hydrogens is 370 g/mol. The van der Waals surface area contributed by atoms with Crippen molar-refractivity contribution in [2.45, 2.75) is 49.5 Å². The summed E-state index contributed by atoms with van der Waals surface area (Å²) in [4.78, 5) is 12.3. The number of nitrogens with one attached hydrogen (secondary N) is 1. The van der Waals surface area contributed by atoms with Crippen LogP contribution in [0, 0.1) is 0 Å². The van der Waals surface area contributed by atoms with E-state index >= 15 is 0 Å². The summed E-state index contributed by atoms with van der Waals surface area (Å²) in [6, 6.07) is 7.23. The first-order valence-corrected chi connectivity index (χ1v) is 10.1. The van der Waals surface area contributed by atoms with Crippen molar-refractivity contribution in [1.29, 1.82) is 0 Å². The number of amides is 1. The summed E-state index contributed by atoms with van der Waals surface area (Å²) in [5, 5.41) is 11.7. The van der Waals surface area contributed by atoms with Crippen LogP contribution in [0.2, 0.25) is 5.02 Å². The van der Waals surface area contributed by atoms with Crippen molar-refractivity contribution in [3.63, 3.8) is 0 Å². The first-order valence-electron chi connectivity index (χ1n) is 8.83. The van der Waals surface area contributed by atoms with Crippen LogP contribution in [0.3, 0.4) is 0 Å². The van der Waals surface area contributed by atoms with Gasteiger partial charge in [-0.3, -0.25) is 4.79 Å². The Morgan fingerprint density at radius 2 is 2.27 bits per heavy atom. The number of rotatable bonds is 7. The maximum atomic E-state index is 12.3. The summed E-state index contributed by atoms with van der Waals surface area (Å²) in [5.41, 5.74) is 2.22. The van der Waals surface area contributed by atoms with E-state index in [-0.39, 0.29) is 11.2 Å². The number of halogens is 1. The van der Waals surface area contributed by atoms with E-state index in [0.717, 1.165) is 18.4 Å². The number of aromatic nitrogens is 2. The normalized spacial score (nSPS) is 15.4. The van der Waals surface area contributed by atoms with Gasteiger partial charge in [0.15, 0.2) is 0 Å². The van der Waals surface area contributed by atoms with E-state index in [1.54, 1.807) is 12.1 Å². The van der Waals surface area contributed by atoms with E-state index < -0.39 is 0 Å². The van der Waals surface area contributed by atoms with Crippen LogP contribution in [0.1, 0.15) is 39.0 Å². The van der Waals surface area contributed by atoms with Crippen LogP contribution in [0.15, 0.2) is 45.6 Å². The highest BCUT2D eigenvalue weighted by molar-refractivity contribution is 8.00. The molecule has 26 heavy (non-hydrogen) atoms. The van der Waals surface area contributed by atoms with Crippen LogP contribution in [0.25, 0.3) is 11.5 Å². The van der Waals surface area contributed by atoms with E-state index in [9.17, 15) is 4.79 Å².